The van der Waals surface area contributed by atoms with E-state index in [0.29, 0.717) is 6.42 Å². The Morgan fingerprint density at radius 2 is 1.57 bits per heavy atom. The summed E-state index contributed by atoms with van der Waals surface area (Å²) in [7, 11) is 1.71. The Morgan fingerprint density at radius 1 is 0.929 bits per heavy atom. The van der Waals surface area contributed by atoms with E-state index in [0.717, 1.165) is 37.9 Å². The van der Waals surface area contributed by atoms with Crippen LogP contribution in [-0.2, 0) is 9.53 Å². The molecule has 1 saturated carbocycles. The minimum absolute atomic E-state index is 0.00360. The highest BCUT2D eigenvalue weighted by Gasteiger charge is 2.31. The van der Waals surface area contributed by atoms with E-state index in [-0.39, 0.29) is 18.0 Å². The quantitative estimate of drug-likeness (QED) is 0.265. The number of hydrogen-bond acceptors (Lipinski definition) is 3. The molecular weight excluding hydrogens is 348 g/mol. The van der Waals surface area contributed by atoms with Crippen molar-refractivity contribution in [3.05, 3.63) is 29.8 Å². The molecular formula is C25H40O3. The molecule has 0 amide bonds. The number of benzene rings is 1. The van der Waals surface area contributed by atoms with Crippen LogP contribution in [0.4, 0.5) is 0 Å². The van der Waals surface area contributed by atoms with E-state index in [1.807, 2.05) is 18.2 Å². The second-order valence-electron chi connectivity index (χ2n) is 8.24. The summed E-state index contributed by atoms with van der Waals surface area (Å²) in [6, 6.07) is 8.17. The molecule has 3 nitrogen and oxygen atoms in total. The lowest BCUT2D eigenvalue weighted by Gasteiger charge is -2.32. The molecule has 0 spiro atoms. The lowest BCUT2D eigenvalue weighted by Crippen LogP contribution is -2.29. The molecule has 158 valence electrons. The average molecular weight is 389 g/mol. The lowest BCUT2D eigenvalue weighted by atomic mass is 9.81. The molecule has 0 bridgehead atoms. The maximum absolute atomic E-state index is 12.4. The largest absolute Gasteiger partial charge is 0.496 e. The van der Waals surface area contributed by atoms with E-state index in [1.54, 1.807) is 7.11 Å². The van der Waals surface area contributed by atoms with Crippen LogP contribution in [0.3, 0.4) is 0 Å². The summed E-state index contributed by atoms with van der Waals surface area (Å²) in [5.74, 6) is 1.15. The third-order valence-corrected chi connectivity index (χ3v) is 6.01. The average Bonchev–Trinajstić information content (AvgIpc) is 2.73. The molecule has 0 unspecified atom stereocenters. The van der Waals surface area contributed by atoms with Gasteiger partial charge in [-0.05, 0) is 31.7 Å². The van der Waals surface area contributed by atoms with Crippen molar-refractivity contribution in [3.8, 4) is 5.75 Å². The highest BCUT2D eigenvalue weighted by atomic mass is 16.5. The Labute approximate surface area is 172 Å². The van der Waals surface area contributed by atoms with E-state index < -0.39 is 0 Å². The molecule has 1 aromatic carbocycles. The molecule has 0 saturated heterocycles. The van der Waals surface area contributed by atoms with Crippen LogP contribution in [0.15, 0.2) is 24.3 Å². The summed E-state index contributed by atoms with van der Waals surface area (Å²) >= 11 is 0. The maximum atomic E-state index is 12.4. The fraction of sp³-hybridized carbons (Fsp3) is 0.720. The number of methoxy groups -OCH3 is 1. The lowest BCUT2D eigenvalue weighted by molar-refractivity contribution is -0.151. The van der Waals surface area contributed by atoms with Crippen LogP contribution in [0.1, 0.15) is 108 Å². The number of para-hydroxylation sites is 1. The van der Waals surface area contributed by atoms with Gasteiger partial charge in [0.05, 0.1) is 7.11 Å². The molecule has 1 aliphatic carbocycles. The smallest absolute Gasteiger partial charge is 0.306 e. The standard InChI is InChI=1S/C25H40O3/c1-3-4-5-6-7-8-9-10-11-20-25(26)28-24-19-15-13-17-22(24)21-16-12-14-18-23(21)27-2/h12,14,16,18,22,24H,3-11,13,15,17,19-20H2,1-2H3/t22-,24+/m1/s1. The van der Waals surface area contributed by atoms with Crippen molar-refractivity contribution in [1.29, 1.82) is 0 Å². The molecule has 2 atom stereocenters. The number of ether oxygens (including phenoxy) is 2. The molecule has 0 aromatic heterocycles. The molecule has 0 aliphatic heterocycles. The number of carbonyl (C=O) groups is 1. The fourth-order valence-electron chi connectivity index (χ4n) is 4.37. The zero-order chi connectivity index (χ0) is 20.0. The Morgan fingerprint density at radius 3 is 2.29 bits per heavy atom. The Balaban J connectivity index is 1.70. The number of carbonyl (C=O) groups excluding carboxylic acids is 1. The normalized spacial score (nSPS) is 19.4. The van der Waals surface area contributed by atoms with Gasteiger partial charge in [-0.1, -0.05) is 82.9 Å². The van der Waals surface area contributed by atoms with E-state index >= 15 is 0 Å². The number of rotatable bonds is 13. The van der Waals surface area contributed by atoms with Gasteiger partial charge in [0.25, 0.3) is 0 Å². The summed E-state index contributed by atoms with van der Waals surface area (Å²) < 4.78 is 11.5. The zero-order valence-corrected chi connectivity index (χ0v) is 18.1. The van der Waals surface area contributed by atoms with Gasteiger partial charge in [0.1, 0.15) is 11.9 Å². The highest BCUT2D eigenvalue weighted by Crippen LogP contribution is 2.39. The highest BCUT2D eigenvalue weighted by molar-refractivity contribution is 5.69. The third kappa shape index (κ3) is 7.85. The summed E-state index contributed by atoms with van der Waals surface area (Å²) in [6.07, 6.45) is 16.3. The van der Waals surface area contributed by atoms with Crippen LogP contribution < -0.4 is 4.74 Å². The first kappa shape index (κ1) is 22.8. The van der Waals surface area contributed by atoms with Gasteiger partial charge in [0.15, 0.2) is 0 Å². The van der Waals surface area contributed by atoms with Gasteiger partial charge in [-0.15, -0.1) is 0 Å². The second-order valence-corrected chi connectivity index (χ2v) is 8.24. The van der Waals surface area contributed by atoms with Gasteiger partial charge < -0.3 is 9.47 Å². The first-order valence-corrected chi connectivity index (χ1v) is 11.6. The predicted octanol–water partition coefficient (Wildman–Crippen LogP) is 7.19. The summed E-state index contributed by atoms with van der Waals surface area (Å²) in [5.41, 5.74) is 1.19. The summed E-state index contributed by atoms with van der Waals surface area (Å²) in [5, 5.41) is 0. The Bertz CT molecular complexity index is 554. The van der Waals surface area contributed by atoms with Gasteiger partial charge in [0, 0.05) is 17.9 Å². The topological polar surface area (TPSA) is 35.5 Å². The molecule has 28 heavy (non-hydrogen) atoms. The van der Waals surface area contributed by atoms with Gasteiger partial charge in [-0.3, -0.25) is 4.79 Å². The molecule has 3 heteroatoms. The van der Waals surface area contributed by atoms with Crippen molar-refractivity contribution in [2.45, 2.75) is 109 Å². The zero-order valence-electron chi connectivity index (χ0n) is 18.1. The molecule has 0 N–H and O–H groups in total. The van der Waals surface area contributed by atoms with Crippen molar-refractivity contribution in [1.82, 2.24) is 0 Å². The minimum Gasteiger partial charge on any atom is -0.496 e. The van der Waals surface area contributed by atoms with Crippen molar-refractivity contribution in [3.63, 3.8) is 0 Å². The molecule has 1 fully saturated rings. The van der Waals surface area contributed by atoms with Crippen LogP contribution >= 0.6 is 0 Å². The Kier molecular flexibility index (Phi) is 11.1. The first-order chi connectivity index (χ1) is 13.8. The molecule has 1 aliphatic rings. The van der Waals surface area contributed by atoms with Gasteiger partial charge >= 0.3 is 5.97 Å². The van der Waals surface area contributed by atoms with Crippen LogP contribution in [0.5, 0.6) is 5.75 Å². The van der Waals surface area contributed by atoms with Crippen molar-refractivity contribution in [2.75, 3.05) is 7.11 Å². The van der Waals surface area contributed by atoms with Crippen LogP contribution in [0, 0.1) is 0 Å². The van der Waals surface area contributed by atoms with Crippen LogP contribution in [-0.4, -0.2) is 19.2 Å². The molecule has 1 aromatic rings. The predicted molar refractivity (Wildman–Crippen MR) is 116 cm³/mol. The molecule has 2 rings (SSSR count). The van der Waals surface area contributed by atoms with E-state index in [2.05, 4.69) is 13.0 Å². The fourth-order valence-corrected chi connectivity index (χ4v) is 4.37. The number of hydrogen-bond donors (Lipinski definition) is 0. The SMILES string of the molecule is CCCCCCCCCCCC(=O)O[C@H]1CCCC[C@@H]1c1ccccc1OC. The third-order valence-electron chi connectivity index (χ3n) is 6.01. The van der Waals surface area contributed by atoms with E-state index in [1.165, 1.54) is 56.9 Å². The first-order valence-electron chi connectivity index (χ1n) is 11.6. The number of unbranched alkanes of at least 4 members (excludes halogenated alkanes) is 8. The second kappa shape index (κ2) is 13.6. The van der Waals surface area contributed by atoms with E-state index in [9.17, 15) is 4.79 Å². The van der Waals surface area contributed by atoms with Crippen molar-refractivity contribution >= 4 is 5.97 Å². The van der Waals surface area contributed by atoms with Gasteiger partial charge in [-0.2, -0.15) is 0 Å². The maximum Gasteiger partial charge on any atom is 0.306 e. The minimum atomic E-state index is -0.0188. The van der Waals surface area contributed by atoms with Gasteiger partial charge in [-0.25, -0.2) is 0 Å². The molecule has 0 radical (unpaired) electrons. The van der Waals surface area contributed by atoms with Crippen LogP contribution in [0.2, 0.25) is 0 Å². The van der Waals surface area contributed by atoms with Gasteiger partial charge in [0.2, 0.25) is 0 Å². The summed E-state index contributed by atoms with van der Waals surface area (Å²) in [6.45, 7) is 2.25. The van der Waals surface area contributed by atoms with Crippen molar-refractivity contribution in [2.24, 2.45) is 0 Å². The van der Waals surface area contributed by atoms with Crippen LogP contribution in [0.25, 0.3) is 0 Å². The van der Waals surface area contributed by atoms with E-state index in [4.69, 9.17) is 9.47 Å². The monoisotopic (exact) mass is 388 g/mol. The summed E-state index contributed by atoms with van der Waals surface area (Å²) in [4.78, 5) is 12.4. The Hall–Kier alpha value is -1.51. The molecule has 0 heterocycles. The van der Waals surface area contributed by atoms with Crippen molar-refractivity contribution < 1.29 is 14.3 Å². The number of esters is 1.